The molecule has 17 heteroatoms. The molecule has 44 heavy (non-hydrogen) atoms. The number of benzene rings is 1. The number of nitrogens with zero attached hydrogens (tertiary/aromatic N) is 3. The maximum Gasteiger partial charge on any atom is 0.336 e. The smallest absolute Gasteiger partial charge is 0.336 e. The highest BCUT2D eigenvalue weighted by Crippen LogP contribution is 2.45. The van der Waals surface area contributed by atoms with Gasteiger partial charge < -0.3 is 37.3 Å². The second kappa shape index (κ2) is 12.0. The average molecular weight is 632 g/mol. The zero-order valence-electron chi connectivity index (χ0n) is 24.1. The molecule has 3 N–H and O–H groups in total. The summed E-state index contributed by atoms with van der Waals surface area (Å²) in [5, 5.41) is 3.16. The molecule has 1 amide bonds. The van der Waals surface area contributed by atoms with Crippen LogP contribution in [0.15, 0.2) is 44.6 Å². The molecule has 0 radical (unpaired) electrons. The van der Waals surface area contributed by atoms with E-state index >= 15 is 0 Å². The molecular formula is C27H30N5O11P. The van der Waals surface area contributed by atoms with E-state index in [0.29, 0.717) is 22.3 Å². The van der Waals surface area contributed by atoms with Crippen LogP contribution in [0.2, 0.25) is 0 Å². The molecule has 2 fully saturated rings. The average Bonchev–Trinajstić information content (AvgIpc) is 3.64. The van der Waals surface area contributed by atoms with Gasteiger partial charge in [0.05, 0.1) is 26.7 Å². The van der Waals surface area contributed by atoms with Crippen LogP contribution < -0.4 is 21.2 Å². The number of nitrogens with one attached hydrogen (secondary N) is 2. The molecule has 6 rings (SSSR count). The second-order valence-corrected chi connectivity index (χ2v) is 11.5. The van der Waals surface area contributed by atoms with Crippen LogP contribution in [0.1, 0.15) is 39.0 Å². The Kier molecular flexibility index (Phi) is 8.24. The maximum atomic E-state index is 12.6. The maximum absolute atomic E-state index is 12.6. The minimum atomic E-state index is -2.39. The van der Waals surface area contributed by atoms with Crippen LogP contribution in [-0.4, -0.2) is 68.1 Å². The lowest BCUT2D eigenvalue weighted by atomic mass is 10.1. The van der Waals surface area contributed by atoms with Crippen molar-refractivity contribution in [3.8, 4) is 5.75 Å². The number of carbonyl (C=O) groups excluding carboxylic acids is 1. The number of anilines is 1. The molecule has 2 saturated heterocycles. The molecule has 4 aromatic rings. The lowest BCUT2D eigenvalue weighted by Gasteiger charge is -2.25. The summed E-state index contributed by atoms with van der Waals surface area (Å²) in [5.41, 5.74) is -0.0774. The van der Waals surface area contributed by atoms with Crippen molar-refractivity contribution in [2.75, 3.05) is 19.0 Å². The molecule has 2 aliphatic heterocycles. The van der Waals surface area contributed by atoms with Crippen LogP contribution in [0, 0.1) is 0 Å². The van der Waals surface area contributed by atoms with E-state index in [1.807, 2.05) is 0 Å². The van der Waals surface area contributed by atoms with Crippen molar-refractivity contribution < 1.29 is 42.1 Å². The van der Waals surface area contributed by atoms with Crippen molar-refractivity contribution in [3.63, 3.8) is 0 Å². The Morgan fingerprint density at radius 2 is 2.00 bits per heavy atom. The molecule has 1 unspecified atom stereocenters. The highest BCUT2D eigenvalue weighted by atomic mass is 31.2. The van der Waals surface area contributed by atoms with Crippen LogP contribution in [-0.2, 0) is 34.7 Å². The van der Waals surface area contributed by atoms with Crippen molar-refractivity contribution >= 4 is 42.6 Å². The molecule has 1 aromatic carbocycles. The van der Waals surface area contributed by atoms with Gasteiger partial charge in [0, 0.05) is 23.9 Å². The van der Waals surface area contributed by atoms with E-state index in [0.717, 1.165) is 0 Å². The van der Waals surface area contributed by atoms with Gasteiger partial charge in [0.25, 0.3) is 5.56 Å². The topological polar surface area (TPSA) is 198 Å². The number of H-pyrrole nitrogens is 1. The van der Waals surface area contributed by atoms with Gasteiger partial charge in [0.1, 0.15) is 29.6 Å². The molecule has 3 aromatic heterocycles. The number of imidazole rings is 1. The van der Waals surface area contributed by atoms with Gasteiger partial charge in [-0.3, -0.25) is 24.5 Å². The van der Waals surface area contributed by atoms with Crippen LogP contribution >= 0.6 is 8.60 Å². The summed E-state index contributed by atoms with van der Waals surface area (Å²) in [5.74, 6) is -0.791. The zero-order valence-corrected chi connectivity index (χ0v) is 25.0. The van der Waals surface area contributed by atoms with Gasteiger partial charge in [-0.2, -0.15) is 4.98 Å². The Bertz CT molecular complexity index is 1820. The summed E-state index contributed by atoms with van der Waals surface area (Å²) in [6.45, 7) is 4.93. The number of rotatable bonds is 10. The molecule has 5 heterocycles. The quantitative estimate of drug-likeness (QED) is 0.171. The largest absolute Gasteiger partial charge is 0.497 e. The van der Waals surface area contributed by atoms with E-state index in [1.54, 1.807) is 39.0 Å². The van der Waals surface area contributed by atoms with Gasteiger partial charge >= 0.3 is 14.2 Å². The third kappa shape index (κ3) is 5.97. The van der Waals surface area contributed by atoms with Gasteiger partial charge in [-0.15, -0.1) is 0 Å². The highest BCUT2D eigenvalue weighted by Gasteiger charge is 2.56. The molecule has 0 aliphatic carbocycles. The number of hydrogen-bond donors (Lipinski definition) is 3. The fourth-order valence-corrected chi connectivity index (χ4v) is 5.76. The molecule has 5 atom stereocenters. The molecular weight excluding hydrogens is 601 g/mol. The van der Waals surface area contributed by atoms with Crippen LogP contribution in [0.4, 0.5) is 5.95 Å². The van der Waals surface area contributed by atoms with E-state index in [2.05, 4.69) is 20.3 Å². The zero-order chi connectivity index (χ0) is 31.2. The number of fused-ring (bicyclic) bond motifs is 3. The highest BCUT2D eigenvalue weighted by molar-refractivity contribution is 7.40. The number of ether oxygens (including phenoxy) is 4. The van der Waals surface area contributed by atoms with E-state index < -0.39 is 50.1 Å². The number of methoxy groups -OCH3 is 1. The van der Waals surface area contributed by atoms with Crippen LogP contribution in [0.3, 0.4) is 0 Å². The SMILES string of the molecule is CCC(=O)Nc1nc2c(ncn2[C@@H]2O[C@H](COP(O)OCc3cc(=O)oc4cc(OC)ccc34)[C@H]3OC(C)(C)O[C@H]32)c(=O)[nH]1. The Labute approximate surface area is 250 Å². The van der Waals surface area contributed by atoms with Crippen molar-refractivity contribution in [2.45, 2.75) is 64.1 Å². The molecule has 16 nitrogen and oxygen atoms in total. The molecule has 0 saturated carbocycles. The van der Waals surface area contributed by atoms with Gasteiger partial charge in [0.15, 0.2) is 23.2 Å². The van der Waals surface area contributed by atoms with Gasteiger partial charge in [-0.1, -0.05) is 6.92 Å². The van der Waals surface area contributed by atoms with E-state index in [4.69, 9.17) is 32.4 Å². The summed E-state index contributed by atoms with van der Waals surface area (Å²) < 4.78 is 41.6. The van der Waals surface area contributed by atoms with E-state index in [-0.39, 0.29) is 42.7 Å². The summed E-state index contributed by atoms with van der Waals surface area (Å²) in [6, 6.07) is 6.32. The van der Waals surface area contributed by atoms with Crippen molar-refractivity contribution in [1.82, 2.24) is 19.5 Å². The number of aromatic amines is 1. The lowest BCUT2D eigenvalue weighted by Crippen LogP contribution is -2.32. The minimum Gasteiger partial charge on any atom is -0.497 e. The first-order valence-corrected chi connectivity index (χ1v) is 14.8. The standard InChI is InChI=1S/C27H30N5O11P/c1-5-18(33)29-26-30-23-20(24(35)31-26)28-12-32(23)25-22-21(42-27(2,3)43-22)17(41-25)11-39-44(36)38-10-13-8-19(34)40-16-9-14(37-4)6-7-15(13)16/h6-9,12,17,21-22,25,36H,5,10-11H2,1-4H3,(H2,29,30,31,33,35)/t17-,21-,22-,25-,44?/m1/s1. The third-order valence-corrected chi connectivity index (χ3v) is 7.85. The first-order chi connectivity index (χ1) is 21.0. The number of amides is 1. The third-order valence-electron chi connectivity index (χ3n) is 7.13. The van der Waals surface area contributed by atoms with Crippen LogP contribution in [0.5, 0.6) is 5.75 Å². The summed E-state index contributed by atoms with van der Waals surface area (Å²) in [4.78, 5) is 58.2. The monoisotopic (exact) mass is 631 g/mol. The van der Waals surface area contributed by atoms with Gasteiger partial charge in [-0.05, 0) is 31.5 Å². The summed E-state index contributed by atoms with van der Waals surface area (Å²) in [7, 11) is -0.889. The first-order valence-electron chi connectivity index (χ1n) is 13.7. The Hall–Kier alpha value is -3.76. The number of carbonyl (C=O) groups is 1. The summed E-state index contributed by atoms with van der Waals surface area (Å²) >= 11 is 0. The molecule has 2 aliphatic rings. The summed E-state index contributed by atoms with van der Waals surface area (Å²) in [6.07, 6.45) is -1.22. The van der Waals surface area contributed by atoms with E-state index in [1.165, 1.54) is 24.1 Å². The Balaban J connectivity index is 1.17. The Morgan fingerprint density at radius 3 is 2.77 bits per heavy atom. The molecule has 0 spiro atoms. The van der Waals surface area contributed by atoms with Crippen molar-refractivity contribution in [3.05, 3.63) is 56.9 Å². The first kappa shape index (κ1) is 30.3. The minimum absolute atomic E-state index is 0.0272. The van der Waals surface area contributed by atoms with Crippen molar-refractivity contribution in [1.29, 1.82) is 0 Å². The predicted octanol–water partition coefficient (Wildman–Crippen LogP) is 2.45. The molecule has 234 valence electrons. The number of aromatic nitrogens is 4. The number of hydrogen-bond acceptors (Lipinski definition) is 13. The lowest BCUT2D eigenvalue weighted by molar-refractivity contribution is -0.199. The van der Waals surface area contributed by atoms with Crippen LogP contribution in [0.25, 0.3) is 22.1 Å². The van der Waals surface area contributed by atoms with Gasteiger partial charge in [-0.25, -0.2) is 9.78 Å². The fraction of sp³-hybridized carbons (Fsp3) is 0.444. The fourth-order valence-electron chi connectivity index (χ4n) is 5.17. The second-order valence-electron chi connectivity index (χ2n) is 10.5. The normalized spacial score (nSPS) is 23.2. The van der Waals surface area contributed by atoms with E-state index in [9.17, 15) is 19.3 Å². The Morgan fingerprint density at radius 1 is 1.20 bits per heavy atom. The predicted molar refractivity (Wildman–Crippen MR) is 154 cm³/mol. The van der Waals surface area contributed by atoms with Crippen molar-refractivity contribution in [2.24, 2.45) is 0 Å². The van der Waals surface area contributed by atoms with Gasteiger partial charge in [0.2, 0.25) is 11.9 Å². The molecule has 0 bridgehead atoms.